The highest BCUT2D eigenvalue weighted by molar-refractivity contribution is 5.82. The van der Waals surface area contributed by atoms with Gasteiger partial charge < -0.3 is 11.1 Å². The third-order valence-electron chi connectivity index (χ3n) is 9.24. The molecule has 0 heterocycles. The summed E-state index contributed by atoms with van der Waals surface area (Å²) in [6, 6.07) is 0. The lowest BCUT2D eigenvalue weighted by Crippen LogP contribution is -2.59. The van der Waals surface area contributed by atoms with Crippen LogP contribution >= 0.6 is 0 Å². The van der Waals surface area contributed by atoms with Crippen molar-refractivity contribution in [1.82, 2.24) is 5.32 Å². The molecule has 0 radical (unpaired) electrons. The second-order valence-corrected chi connectivity index (χ2v) is 10.5. The highest BCUT2D eigenvalue weighted by Crippen LogP contribution is 2.72. The van der Waals surface area contributed by atoms with Crippen LogP contribution in [0.1, 0.15) is 78.1 Å². The first-order valence-electron chi connectivity index (χ1n) is 11.0. The monoisotopic (exact) mass is 358 g/mol. The van der Waals surface area contributed by atoms with Crippen molar-refractivity contribution in [2.75, 3.05) is 13.1 Å². The zero-order valence-corrected chi connectivity index (χ0v) is 16.9. The van der Waals surface area contributed by atoms with Crippen molar-refractivity contribution in [2.45, 2.75) is 78.1 Å². The molecule has 3 nitrogen and oxygen atoms in total. The minimum absolute atomic E-state index is 0.199. The molecule has 146 valence electrons. The van der Waals surface area contributed by atoms with E-state index >= 15 is 0 Å². The molecule has 6 atom stereocenters. The average molecular weight is 359 g/mol. The van der Waals surface area contributed by atoms with Crippen LogP contribution < -0.4 is 11.1 Å². The first kappa shape index (κ1) is 18.5. The van der Waals surface area contributed by atoms with Gasteiger partial charge in [-0.1, -0.05) is 32.4 Å². The van der Waals surface area contributed by atoms with E-state index in [1.54, 1.807) is 0 Å². The molecule has 3 N–H and O–H groups in total. The first-order chi connectivity index (χ1) is 12.4. The summed E-state index contributed by atoms with van der Waals surface area (Å²) >= 11 is 0. The summed E-state index contributed by atoms with van der Waals surface area (Å²) < 4.78 is 0. The maximum absolute atomic E-state index is 13.2. The molecule has 0 aromatic carbocycles. The second kappa shape index (κ2) is 6.36. The molecule has 0 aromatic rings. The van der Waals surface area contributed by atoms with Gasteiger partial charge in [0.25, 0.3) is 0 Å². The van der Waals surface area contributed by atoms with Gasteiger partial charge >= 0.3 is 0 Å². The van der Waals surface area contributed by atoms with Crippen molar-refractivity contribution in [3.8, 4) is 0 Å². The smallest absolute Gasteiger partial charge is 0.226 e. The molecule has 0 aliphatic heterocycles. The van der Waals surface area contributed by atoms with Crippen molar-refractivity contribution < 1.29 is 4.79 Å². The average Bonchev–Trinajstić information content (AvgIpc) is 2.83. The molecular weight excluding hydrogens is 320 g/mol. The van der Waals surface area contributed by atoms with Crippen LogP contribution in [-0.4, -0.2) is 19.0 Å². The van der Waals surface area contributed by atoms with Gasteiger partial charge in [0.1, 0.15) is 0 Å². The largest absolute Gasteiger partial charge is 0.356 e. The van der Waals surface area contributed by atoms with E-state index in [9.17, 15) is 4.79 Å². The summed E-state index contributed by atoms with van der Waals surface area (Å²) in [7, 11) is 0. The molecule has 4 fully saturated rings. The maximum Gasteiger partial charge on any atom is 0.226 e. The summed E-state index contributed by atoms with van der Waals surface area (Å²) in [6.45, 7) is 10.6. The Bertz CT molecular complexity index is 601. The Hall–Kier alpha value is -0.830. The highest BCUT2D eigenvalue weighted by Gasteiger charge is 2.64. The van der Waals surface area contributed by atoms with Crippen molar-refractivity contribution in [1.29, 1.82) is 0 Å². The molecule has 26 heavy (non-hydrogen) atoms. The second-order valence-electron chi connectivity index (χ2n) is 10.5. The number of fused-ring (bicyclic) bond motifs is 3. The van der Waals surface area contributed by atoms with Gasteiger partial charge in [-0.15, -0.1) is 0 Å². The molecule has 1 spiro atoms. The van der Waals surface area contributed by atoms with Gasteiger partial charge in [-0.3, -0.25) is 4.79 Å². The van der Waals surface area contributed by atoms with E-state index in [0.29, 0.717) is 29.2 Å². The van der Waals surface area contributed by atoms with Crippen LogP contribution in [0.3, 0.4) is 0 Å². The molecule has 0 saturated heterocycles. The summed E-state index contributed by atoms with van der Waals surface area (Å²) in [5.41, 5.74) is 7.79. The van der Waals surface area contributed by atoms with E-state index in [4.69, 9.17) is 5.73 Å². The van der Waals surface area contributed by atoms with E-state index < -0.39 is 0 Å². The van der Waals surface area contributed by atoms with E-state index in [-0.39, 0.29) is 5.41 Å². The Morgan fingerprint density at radius 2 is 2.00 bits per heavy atom. The van der Waals surface area contributed by atoms with Crippen LogP contribution in [0.25, 0.3) is 0 Å². The number of carbonyl (C=O) groups excluding carboxylic acids is 1. The molecule has 4 rings (SSSR count). The number of carbonyl (C=O) groups is 1. The lowest BCUT2D eigenvalue weighted by Gasteiger charge is -2.63. The Kier molecular flexibility index (Phi) is 4.53. The Morgan fingerprint density at radius 3 is 2.77 bits per heavy atom. The normalized spacial score (nSPS) is 47.2. The van der Waals surface area contributed by atoms with E-state index in [0.717, 1.165) is 31.2 Å². The Balaban J connectivity index is 1.61. The zero-order valence-electron chi connectivity index (χ0n) is 16.9. The van der Waals surface area contributed by atoms with Gasteiger partial charge in [0.05, 0.1) is 0 Å². The molecule has 0 unspecified atom stereocenters. The lowest BCUT2D eigenvalue weighted by molar-refractivity contribution is -0.167. The fourth-order valence-corrected chi connectivity index (χ4v) is 8.13. The molecule has 3 heteroatoms. The zero-order chi connectivity index (χ0) is 18.6. The van der Waals surface area contributed by atoms with Crippen LogP contribution in [-0.2, 0) is 4.79 Å². The summed E-state index contributed by atoms with van der Waals surface area (Å²) in [6.07, 6.45) is 12.3. The standard InChI is InChI=1S/C23H38N2O/c1-16-14-23-11-8-18-21(2,19(23)7-6-17(16)15-23)9-4-10-22(18,3)20(26)25-13-5-12-24/h17-19H,1,4-15,24H2,2-3H3,(H,25,26)/t17-,18+,19+,21-,22-,23-/m1/s1. The Labute approximate surface area is 159 Å². The van der Waals surface area contributed by atoms with Crippen LogP contribution in [0.2, 0.25) is 0 Å². The number of nitrogens with one attached hydrogen (secondary N) is 1. The number of nitrogens with two attached hydrogens (primary N) is 1. The molecule has 0 aromatic heterocycles. The maximum atomic E-state index is 13.2. The van der Waals surface area contributed by atoms with Gasteiger partial charge in [-0.2, -0.15) is 0 Å². The summed E-state index contributed by atoms with van der Waals surface area (Å²) in [5.74, 6) is 2.41. The molecule has 4 saturated carbocycles. The number of rotatable bonds is 4. The number of hydrogen-bond acceptors (Lipinski definition) is 2. The van der Waals surface area contributed by atoms with Crippen molar-refractivity contribution >= 4 is 5.91 Å². The summed E-state index contributed by atoms with van der Waals surface area (Å²) in [5, 5.41) is 3.22. The molecule has 4 aliphatic carbocycles. The van der Waals surface area contributed by atoms with E-state index in [1.807, 2.05) is 0 Å². The predicted octanol–water partition coefficient (Wildman–Crippen LogP) is 4.42. The number of allylic oxidation sites excluding steroid dienone is 1. The molecule has 2 bridgehead atoms. The van der Waals surface area contributed by atoms with E-state index in [1.165, 1.54) is 56.9 Å². The third kappa shape index (κ3) is 2.52. The minimum atomic E-state index is -0.199. The highest BCUT2D eigenvalue weighted by atomic mass is 16.2. The molecular formula is C23H38N2O. The summed E-state index contributed by atoms with van der Waals surface area (Å²) in [4.78, 5) is 13.2. The fraction of sp³-hybridized carbons (Fsp3) is 0.870. The van der Waals surface area contributed by atoms with Crippen LogP contribution in [0, 0.1) is 34.0 Å². The van der Waals surface area contributed by atoms with Gasteiger partial charge in [0, 0.05) is 12.0 Å². The number of amides is 1. The topological polar surface area (TPSA) is 55.1 Å². The van der Waals surface area contributed by atoms with Crippen LogP contribution in [0.4, 0.5) is 0 Å². The van der Waals surface area contributed by atoms with Gasteiger partial charge in [-0.05, 0) is 92.9 Å². The fourth-order valence-electron chi connectivity index (χ4n) is 8.13. The van der Waals surface area contributed by atoms with Crippen LogP contribution in [0.15, 0.2) is 12.2 Å². The van der Waals surface area contributed by atoms with Crippen LogP contribution in [0.5, 0.6) is 0 Å². The van der Waals surface area contributed by atoms with Crippen molar-refractivity contribution in [3.05, 3.63) is 12.2 Å². The third-order valence-corrected chi connectivity index (χ3v) is 9.24. The molecule has 1 amide bonds. The quantitative estimate of drug-likeness (QED) is 0.577. The van der Waals surface area contributed by atoms with Gasteiger partial charge in [0.2, 0.25) is 5.91 Å². The van der Waals surface area contributed by atoms with Crippen molar-refractivity contribution in [3.63, 3.8) is 0 Å². The van der Waals surface area contributed by atoms with Gasteiger partial charge in [-0.25, -0.2) is 0 Å². The number of hydrogen-bond donors (Lipinski definition) is 2. The first-order valence-corrected chi connectivity index (χ1v) is 11.0. The van der Waals surface area contributed by atoms with Crippen molar-refractivity contribution in [2.24, 2.45) is 39.7 Å². The predicted molar refractivity (Wildman–Crippen MR) is 106 cm³/mol. The Morgan fingerprint density at radius 1 is 1.19 bits per heavy atom. The van der Waals surface area contributed by atoms with Gasteiger partial charge in [0.15, 0.2) is 0 Å². The SMILES string of the molecule is C=C1C[C@@]23CC[C@H]4[C@@](C)(CCC[C@@]4(C)C(=O)NCCCN)[C@@H]2CC[C@@H]1C3. The lowest BCUT2D eigenvalue weighted by atomic mass is 9.41. The molecule has 4 aliphatic rings. The van der Waals surface area contributed by atoms with E-state index in [2.05, 4.69) is 25.7 Å². The minimum Gasteiger partial charge on any atom is -0.356 e.